The fourth-order valence-electron chi connectivity index (χ4n) is 3.93. The topological polar surface area (TPSA) is 112 Å². The minimum Gasteiger partial charge on any atom is -0.497 e. The number of benzene rings is 3. The van der Waals surface area contributed by atoms with E-state index in [9.17, 15) is 18.0 Å². The molecule has 0 atom stereocenters. The molecule has 36 heavy (non-hydrogen) atoms. The first-order chi connectivity index (χ1) is 17.2. The normalized spacial score (nSPS) is 11.3. The molecular weight excluding hydrogens is 484 g/mol. The van der Waals surface area contributed by atoms with E-state index in [1.165, 1.54) is 41.6 Å². The van der Waals surface area contributed by atoms with Crippen molar-refractivity contribution in [2.45, 2.75) is 4.90 Å². The molecule has 1 amide bonds. The Balaban J connectivity index is 1.72. The van der Waals surface area contributed by atoms with Crippen molar-refractivity contribution in [3.8, 4) is 11.5 Å². The number of anilines is 2. The van der Waals surface area contributed by atoms with E-state index in [1.54, 1.807) is 62.6 Å². The molecule has 1 heterocycles. The Morgan fingerprint density at radius 3 is 2.28 bits per heavy atom. The largest absolute Gasteiger partial charge is 0.497 e. The van der Waals surface area contributed by atoms with Crippen LogP contribution in [0.1, 0.15) is 0 Å². The molecule has 0 fully saturated rings. The number of aryl methyl sites for hydroxylation is 2. The molecule has 0 radical (unpaired) electrons. The second-order valence-electron chi connectivity index (χ2n) is 8.01. The number of hydrogen-bond donors (Lipinski definition) is 1. The van der Waals surface area contributed by atoms with Crippen LogP contribution in [0.3, 0.4) is 0 Å². The Morgan fingerprint density at radius 1 is 0.917 bits per heavy atom. The smallest absolute Gasteiger partial charge is 0.328 e. The number of aromatic nitrogens is 2. The van der Waals surface area contributed by atoms with Gasteiger partial charge in [0.05, 0.1) is 35.8 Å². The number of imidazole rings is 1. The zero-order valence-corrected chi connectivity index (χ0v) is 21.1. The molecule has 1 aromatic heterocycles. The van der Waals surface area contributed by atoms with Crippen molar-refractivity contribution < 1.29 is 22.7 Å². The molecule has 0 unspecified atom stereocenters. The third kappa shape index (κ3) is 4.52. The number of ether oxygens (including phenoxy) is 2. The molecule has 0 saturated carbocycles. The van der Waals surface area contributed by atoms with Crippen LogP contribution in [0.2, 0.25) is 0 Å². The van der Waals surface area contributed by atoms with Gasteiger partial charge in [-0.1, -0.05) is 18.2 Å². The Bertz CT molecular complexity index is 1590. The minimum atomic E-state index is -4.13. The van der Waals surface area contributed by atoms with E-state index in [0.717, 1.165) is 4.31 Å². The maximum absolute atomic E-state index is 13.6. The number of hydrogen-bond acceptors (Lipinski definition) is 6. The average molecular weight is 511 g/mol. The number of fused-ring (bicyclic) bond motifs is 1. The molecule has 188 valence electrons. The van der Waals surface area contributed by atoms with E-state index < -0.39 is 22.5 Å². The van der Waals surface area contributed by atoms with Crippen LogP contribution in [0.5, 0.6) is 11.5 Å². The summed E-state index contributed by atoms with van der Waals surface area (Å²) >= 11 is 0. The quantitative estimate of drug-likeness (QED) is 0.390. The molecule has 3 aromatic carbocycles. The number of carbonyl (C=O) groups is 1. The highest BCUT2D eigenvalue weighted by molar-refractivity contribution is 7.92. The van der Waals surface area contributed by atoms with Gasteiger partial charge in [-0.15, -0.1) is 0 Å². The van der Waals surface area contributed by atoms with Gasteiger partial charge >= 0.3 is 5.69 Å². The zero-order chi connectivity index (χ0) is 26.0. The molecule has 0 saturated heterocycles. The molecule has 11 heteroatoms. The van der Waals surface area contributed by atoms with E-state index in [-0.39, 0.29) is 22.0 Å². The van der Waals surface area contributed by atoms with Crippen LogP contribution < -0.4 is 24.8 Å². The SMILES string of the molecule is COc1ccc(N(CC(=O)Nc2ccc3c(c2)n(C)c(=O)n3C)S(=O)(=O)c2ccccc2)c(OC)c1. The lowest BCUT2D eigenvalue weighted by atomic mass is 10.2. The molecule has 0 aliphatic rings. The van der Waals surface area contributed by atoms with Crippen molar-refractivity contribution in [2.24, 2.45) is 14.1 Å². The van der Waals surface area contributed by atoms with Crippen molar-refractivity contribution in [1.82, 2.24) is 9.13 Å². The number of amides is 1. The lowest BCUT2D eigenvalue weighted by Crippen LogP contribution is -2.38. The van der Waals surface area contributed by atoms with E-state index in [4.69, 9.17) is 9.47 Å². The van der Waals surface area contributed by atoms with E-state index in [2.05, 4.69) is 5.32 Å². The van der Waals surface area contributed by atoms with Crippen LogP contribution in [0.4, 0.5) is 11.4 Å². The summed E-state index contributed by atoms with van der Waals surface area (Å²) in [6.07, 6.45) is 0. The summed E-state index contributed by atoms with van der Waals surface area (Å²) in [5.41, 5.74) is 1.74. The van der Waals surface area contributed by atoms with E-state index in [0.29, 0.717) is 22.5 Å². The van der Waals surface area contributed by atoms with Gasteiger partial charge in [-0.2, -0.15) is 0 Å². The molecule has 0 aliphatic carbocycles. The highest BCUT2D eigenvalue weighted by Crippen LogP contribution is 2.35. The second-order valence-corrected chi connectivity index (χ2v) is 9.88. The van der Waals surface area contributed by atoms with Gasteiger partial charge in [0, 0.05) is 25.8 Å². The molecule has 0 bridgehead atoms. The molecule has 0 aliphatic heterocycles. The van der Waals surface area contributed by atoms with Crippen LogP contribution in [0, 0.1) is 0 Å². The summed E-state index contributed by atoms with van der Waals surface area (Å²) in [6.45, 7) is -0.522. The first-order valence-electron chi connectivity index (χ1n) is 10.9. The highest BCUT2D eigenvalue weighted by Gasteiger charge is 2.29. The molecule has 4 rings (SSSR count). The van der Waals surface area contributed by atoms with Crippen molar-refractivity contribution in [1.29, 1.82) is 0 Å². The maximum atomic E-state index is 13.6. The van der Waals surface area contributed by atoms with Gasteiger partial charge in [0.2, 0.25) is 5.91 Å². The monoisotopic (exact) mass is 510 g/mol. The summed E-state index contributed by atoms with van der Waals surface area (Å²) in [4.78, 5) is 25.4. The van der Waals surface area contributed by atoms with Crippen molar-refractivity contribution >= 4 is 38.3 Å². The summed E-state index contributed by atoms with van der Waals surface area (Å²) < 4.78 is 41.9. The maximum Gasteiger partial charge on any atom is 0.328 e. The predicted octanol–water partition coefficient (Wildman–Crippen LogP) is 2.73. The summed E-state index contributed by atoms with van der Waals surface area (Å²) in [7, 11) is 2.06. The van der Waals surface area contributed by atoms with Gasteiger partial charge in [-0.25, -0.2) is 13.2 Å². The van der Waals surface area contributed by atoms with E-state index in [1.807, 2.05) is 0 Å². The van der Waals surface area contributed by atoms with Crippen molar-refractivity contribution in [2.75, 3.05) is 30.4 Å². The standard InChI is InChI=1S/C25H26N4O6S/c1-27-20-12-10-17(14-22(20)28(2)25(27)31)26-24(30)16-29(36(32,33)19-8-6-5-7-9-19)21-13-11-18(34-3)15-23(21)35-4/h5-15H,16H2,1-4H3,(H,26,30). The number of nitrogens with zero attached hydrogens (tertiary/aromatic N) is 3. The van der Waals surface area contributed by atoms with Crippen LogP contribution in [-0.2, 0) is 28.9 Å². The van der Waals surface area contributed by atoms with Gasteiger partial charge in [0.1, 0.15) is 18.0 Å². The fourth-order valence-corrected chi connectivity index (χ4v) is 5.38. The summed E-state index contributed by atoms with van der Waals surface area (Å²) in [5.74, 6) is 0.119. The minimum absolute atomic E-state index is 0.0244. The van der Waals surface area contributed by atoms with Crippen LogP contribution in [0.15, 0.2) is 76.4 Å². The lowest BCUT2D eigenvalue weighted by Gasteiger charge is -2.26. The number of rotatable bonds is 8. The summed E-state index contributed by atoms with van der Waals surface area (Å²) in [5, 5.41) is 2.74. The van der Waals surface area contributed by atoms with Crippen molar-refractivity contribution in [3.63, 3.8) is 0 Å². The number of methoxy groups -OCH3 is 2. The second kappa shape index (κ2) is 9.78. The van der Waals surface area contributed by atoms with Gasteiger partial charge in [-0.3, -0.25) is 18.2 Å². The third-order valence-electron chi connectivity index (χ3n) is 5.83. The van der Waals surface area contributed by atoms with Crippen LogP contribution in [-0.4, -0.2) is 44.2 Å². The average Bonchev–Trinajstić information content (AvgIpc) is 3.10. The Kier molecular flexibility index (Phi) is 6.75. The Morgan fingerprint density at radius 2 is 1.61 bits per heavy atom. The molecule has 4 aromatic rings. The van der Waals surface area contributed by atoms with Crippen LogP contribution >= 0.6 is 0 Å². The fraction of sp³-hybridized carbons (Fsp3) is 0.200. The van der Waals surface area contributed by atoms with Gasteiger partial charge < -0.3 is 14.8 Å². The lowest BCUT2D eigenvalue weighted by molar-refractivity contribution is -0.114. The number of sulfonamides is 1. The highest BCUT2D eigenvalue weighted by atomic mass is 32.2. The van der Waals surface area contributed by atoms with Crippen LogP contribution in [0.25, 0.3) is 11.0 Å². The van der Waals surface area contributed by atoms with Gasteiger partial charge in [0.15, 0.2) is 0 Å². The first kappa shape index (κ1) is 24.9. The van der Waals surface area contributed by atoms with Gasteiger partial charge in [-0.05, 0) is 42.5 Å². The Hall–Kier alpha value is -4.25. The van der Waals surface area contributed by atoms with Crippen molar-refractivity contribution in [3.05, 3.63) is 77.2 Å². The molecular formula is C25H26N4O6S. The number of carbonyl (C=O) groups excluding carboxylic acids is 1. The molecule has 10 nitrogen and oxygen atoms in total. The predicted molar refractivity (Wildman–Crippen MR) is 137 cm³/mol. The first-order valence-corrected chi connectivity index (χ1v) is 12.4. The molecule has 0 spiro atoms. The summed E-state index contributed by atoms with van der Waals surface area (Å²) in [6, 6.07) is 17.5. The third-order valence-corrected chi connectivity index (χ3v) is 7.60. The Labute approximate surface area is 208 Å². The zero-order valence-electron chi connectivity index (χ0n) is 20.3. The van der Waals surface area contributed by atoms with E-state index >= 15 is 0 Å². The number of nitrogens with one attached hydrogen (secondary N) is 1. The molecule has 1 N–H and O–H groups in total. The van der Waals surface area contributed by atoms with Gasteiger partial charge in [0.25, 0.3) is 10.0 Å².